The Morgan fingerprint density at radius 2 is 1.36 bits per heavy atom. The summed E-state index contributed by atoms with van der Waals surface area (Å²) in [5.41, 5.74) is 2.53. The number of carbonyl (C=O) groups is 1. The highest BCUT2D eigenvalue weighted by molar-refractivity contribution is 5.91. The zero-order valence-corrected chi connectivity index (χ0v) is 25.9. The van der Waals surface area contributed by atoms with Crippen LogP contribution < -0.4 is 9.47 Å². The lowest BCUT2D eigenvalue weighted by Crippen LogP contribution is -2.20. The molecular weight excluding hydrogens is 520 g/mol. The highest BCUT2D eigenvalue weighted by atomic mass is 16.5. The van der Waals surface area contributed by atoms with Gasteiger partial charge in [0.05, 0.1) is 12.2 Å². The van der Waals surface area contributed by atoms with E-state index in [1.807, 2.05) is 36.7 Å². The normalized spacial score (nSPS) is 16.7. The molecule has 1 aliphatic rings. The van der Waals surface area contributed by atoms with Crippen LogP contribution in [0.25, 0.3) is 11.4 Å². The molecule has 2 unspecified atom stereocenters. The molecule has 0 spiro atoms. The Balaban J connectivity index is 1.19. The molecule has 1 fully saturated rings. The van der Waals surface area contributed by atoms with Gasteiger partial charge < -0.3 is 9.47 Å². The predicted octanol–water partition coefficient (Wildman–Crippen LogP) is 10.0. The summed E-state index contributed by atoms with van der Waals surface area (Å²) in [5.74, 6) is 3.38. The third kappa shape index (κ3) is 10.3. The zero-order chi connectivity index (χ0) is 29.4. The number of rotatable bonds is 17. The first-order chi connectivity index (χ1) is 20.7. The molecule has 1 heterocycles. The Kier molecular flexibility index (Phi) is 13.4. The summed E-state index contributed by atoms with van der Waals surface area (Å²) in [5, 5.41) is 0. The Morgan fingerprint density at radius 1 is 0.738 bits per heavy atom. The fourth-order valence-corrected chi connectivity index (χ4v) is 6.15. The molecule has 1 saturated carbocycles. The van der Waals surface area contributed by atoms with Crippen molar-refractivity contribution in [1.29, 1.82) is 0 Å². The number of nitrogens with zero attached hydrogens (tertiary/aromatic N) is 2. The summed E-state index contributed by atoms with van der Waals surface area (Å²) < 4.78 is 11.6. The first-order valence-corrected chi connectivity index (χ1v) is 16.5. The zero-order valence-electron chi connectivity index (χ0n) is 25.9. The van der Waals surface area contributed by atoms with Crippen LogP contribution in [0.4, 0.5) is 0 Å². The smallest absolute Gasteiger partial charge is 0.343 e. The molecule has 1 aliphatic carbocycles. The Hall–Kier alpha value is -3.21. The van der Waals surface area contributed by atoms with Gasteiger partial charge in [0.15, 0.2) is 5.82 Å². The largest absolute Gasteiger partial charge is 0.494 e. The number of aryl methyl sites for hydroxylation is 1. The molecule has 0 radical (unpaired) electrons. The van der Waals surface area contributed by atoms with E-state index in [2.05, 4.69) is 23.8 Å². The summed E-state index contributed by atoms with van der Waals surface area (Å²) in [6.45, 7) is 5.24. The molecule has 2 aromatic carbocycles. The molecule has 0 saturated heterocycles. The van der Waals surface area contributed by atoms with Gasteiger partial charge in [0.2, 0.25) is 0 Å². The monoisotopic (exact) mass is 570 g/mol. The number of ether oxygens (including phenoxy) is 2. The lowest BCUT2D eigenvalue weighted by molar-refractivity contribution is 0.0734. The molecule has 1 aromatic heterocycles. The second-order valence-electron chi connectivity index (χ2n) is 12.0. The summed E-state index contributed by atoms with van der Waals surface area (Å²) in [4.78, 5) is 21.8. The van der Waals surface area contributed by atoms with Crippen molar-refractivity contribution in [1.82, 2.24) is 9.97 Å². The van der Waals surface area contributed by atoms with Gasteiger partial charge in [-0.05, 0) is 79.5 Å². The van der Waals surface area contributed by atoms with Gasteiger partial charge in [0, 0.05) is 18.0 Å². The van der Waals surface area contributed by atoms with Gasteiger partial charge in [-0.25, -0.2) is 14.8 Å². The molecule has 5 heteroatoms. The van der Waals surface area contributed by atoms with Crippen molar-refractivity contribution in [3.63, 3.8) is 0 Å². The minimum atomic E-state index is -0.389. The van der Waals surface area contributed by atoms with E-state index < -0.39 is 0 Å². The first kappa shape index (κ1) is 31.7. The second-order valence-corrected chi connectivity index (χ2v) is 12.0. The van der Waals surface area contributed by atoms with Gasteiger partial charge in [-0.1, -0.05) is 96.6 Å². The van der Waals surface area contributed by atoms with E-state index in [-0.39, 0.29) is 5.97 Å². The van der Waals surface area contributed by atoms with Crippen LogP contribution in [0.2, 0.25) is 0 Å². The van der Waals surface area contributed by atoms with E-state index >= 15 is 0 Å². The van der Waals surface area contributed by atoms with Gasteiger partial charge in [0.1, 0.15) is 11.5 Å². The number of hydrogen-bond acceptors (Lipinski definition) is 5. The molecular formula is C37H50N2O3. The second kappa shape index (κ2) is 17.7. The molecule has 0 amide bonds. The van der Waals surface area contributed by atoms with E-state index in [0.717, 1.165) is 48.2 Å². The van der Waals surface area contributed by atoms with Crippen molar-refractivity contribution < 1.29 is 14.3 Å². The van der Waals surface area contributed by atoms with E-state index in [4.69, 9.17) is 9.47 Å². The molecule has 0 aliphatic heterocycles. The Labute approximate surface area is 253 Å². The fourth-order valence-electron chi connectivity index (χ4n) is 6.15. The summed E-state index contributed by atoms with van der Waals surface area (Å²) in [7, 11) is 0. The van der Waals surface area contributed by atoms with E-state index in [9.17, 15) is 4.79 Å². The highest BCUT2D eigenvalue weighted by Gasteiger charge is 2.24. The maximum absolute atomic E-state index is 12.7. The molecule has 0 bridgehead atoms. The Bertz CT molecular complexity index is 1180. The minimum Gasteiger partial charge on any atom is -0.494 e. The third-order valence-electron chi connectivity index (χ3n) is 8.67. The van der Waals surface area contributed by atoms with Crippen LogP contribution in [0.5, 0.6) is 11.5 Å². The summed E-state index contributed by atoms with van der Waals surface area (Å²) in [6.07, 6.45) is 23.2. The van der Waals surface area contributed by atoms with Crippen molar-refractivity contribution in [2.24, 2.45) is 11.8 Å². The molecule has 3 aromatic rings. The number of unbranched alkanes of at least 4 members (excludes halogenated alkanes) is 5. The van der Waals surface area contributed by atoms with Crippen LogP contribution in [0.3, 0.4) is 0 Å². The average molecular weight is 571 g/mol. The van der Waals surface area contributed by atoms with Crippen LogP contribution in [0.15, 0.2) is 60.9 Å². The van der Waals surface area contributed by atoms with Crippen molar-refractivity contribution in [3.05, 3.63) is 72.1 Å². The molecule has 5 nitrogen and oxygen atoms in total. The van der Waals surface area contributed by atoms with Crippen molar-refractivity contribution >= 4 is 5.97 Å². The van der Waals surface area contributed by atoms with Crippen LogP contribution >= 0.6 is 0 Å². The predicted molar refractivity (Wildman–Crippen MR) is 171 cm³/mol. The van der Waals surface area contributed by atoms with Crippen LogP contribution in [0.1, 0.15) is 120 Å². The highest BCUT2D eigenvalue weighted by Crippen LogP contribution is 2.36. The first-order valence-electron chi connectivity index (χ1n) is 16.5. The van der Waals surface area contributed by atoms with Crippen LogP contribution in [-0.4, -0.2) is 22.5 Å². The Morgan fingerprint density at radius 3 is 2.02 bits per heavy atom. The molecule has 4 rings (SSSR count). The SMILES string of the molecule is CCCCCCc1cnc(-c2ccc(C(=O)Oc3ccc(OCCCC4CCCCC4CCCCC)cc3)cc2)nc1. The van der Waals surface area contributed by atoms with Crippen molar-refractivity contribution in [2.75, 3.05) is 6.61 Å². The molecule has 226 valence electrons. The van der Waals surface area contributed by atoms with Gasteiger partial charge in [-0.3, -0.25) is 0 Å². The maximum Gasteiger partial charge on any atom is 0.343 e. The van der Waals surface area contributed by atoms with Crippen LogP contribution in [-0.2, 0) is 6.42 Å². The number of aromatic nitrogens is 2. The summed E-state index contributed by atoms with van der Waals surface area (Å²) >= 11 is 0. The fraction of sp³-hybridized carbons (Fsp3) is 0.541. The van der Waals surface area contributed by atoms with Crippen LogP contribution in [0, 0.1) is 11.8 Å². The maximum atomic E-state index is 12.7. The minimum absolute atomic E-state index is 0.389. The third-order valence-corrected chi connectivity index (χ3v) is 8.67. The van der Waals surface area contributed by atoms with E-state index in [1.165, 1.54) is 83.5 Å². The van der Waals surface area contributed by atoms with E-state index in [1.54, 1.807) is 24.3 Å². The number of benzene rings is 2. The quantitative estimate of drug-likeness (QED) is 0.0918. The lowest BCUT2D eigenvalue weighted by atomic mass is 9.74. The van der Waals surface area contributed by atoms with Gasteiger partial charge in [-0.15, -0.1) is 0 Å². The average Bonchev–Trinajstić information content (AvgIpc) is 3.03. The number of carbonyl (C=O) groups excluding carboxylic acids is 1. The molecule has 2 atom stereocenters. The van der Waals surface area contributed by atoms with Gasteiger partial charge >= 0.3 is 5.97 Å². The van der Waals surface area contributed by atoms with Gasteiger partial charge in [0.25, 0.3) is 0 Å². The van der Waals surface area contributed by atoms with Crippen molar-refractivity contribution in [3.8, 4) is 22.9 Å². The van der Waals surface area contributed by atoms with Gasteiger partial charge in [-0.2, -0.15) is 0 Å². The van der Waals surface area contributed by atoms with Crippen molar-refractivity contribution in [2.45, 2.75) is 110 Å². The molecule has 0 N–H and O–H groups in total. The lowest BCUT2D eigenvalue weighted by Gasteiger charge is -2.31. The molecule has 42 heavy (non-hydrogen) atoms. The van der Waals surface area contributed by atoms with E-state index in [0.29, 0.717) is 17.1 Å². The number of hydrogen-bond donors (Lipinski definition) is 0. The summed E-state index contributed by atoms with van der Waals surface area (Å²) in [6, 6.07) is 14.6. The topological polar surface area (TPSA) is 61.3 Å². The number of esters is 1. The standard InChI is InChI=1S/C37H50N2O3/c1-3-5-7-9-13-29-27-38-36(39-28-29)32-18-20-33(21-19-32)37(40)42-35-24-22-34(23-25-35)41-26-12-17-31-16-11-10-15-30(31)14-8-6-4-2/h18-25,27-28,30-31H,3-17,26H2,1-2H3.